The highest BCUT2D eigenvalue weighted by molar-refractivity contribution is 6.04. The highest BCUT2D eigenvalue weighted by Crippen LogP contribution is 2.21. The summed E-state index contributed by atoms with van der Waals surface area (Å²) in [6.45, 7) is 5.32. The molecule has 0 radical (unpaired) electrons. The van der Waals surface area contributed by atoms with Crippen molar-refractivity contribution in [2.45, 2.75) is 26.4 Å². The summed E-state index contributed by atoms with van der Waals surface area (Å²) in [5, 5.41) is 17.5. The molecule has 0 spiro atoms. The number of amides is 1. The fourth-order valence-electron chi connectivity index (χ4n) is 3.45. The van der Waals surface area contributed by atoms with Gasteiger partial charge >= 0.3 is 0 Å². The van der Waals surface area contributed by atoms with E-state index in [1.165, 1.54) is 0 Å². The Morgan fingerprint density at radius 1 is 1.09 bits per heavy atom. The molecule has 2 aromatic heterocycles. The maximum absolute atomic E-state index is 12.8. The SMILES string of the molecule is COc1cccc(/C=C/c2nc(NC(=O)c3ccc(C(C)(C)O)cc3)cc3cc(C)nn23)c1. The molecule has 4 aromatic rings. The molecular formula is C26H26N4O3. The van der Waals surface area contributed by atoms with Crippen LogP contribution < -0.4 is 10.1 Å². The van der Waals surface area contributed by atoms with Gasteiger partial charge in [0.25, 0.3) is 5.91 Å². The van der Waals surface area contributed by atoms with Crippen LogP contribution in [-0.2, 0) is 5.60 Å². The molecule has 0 aliphatic carbocycles. The molecule has 2 N–H and O–H groups in total. The first kappa shape index (κ1) is 22.2. The van der Waals surface area contributed by atoms with Crippen LogP contribution in [0.5, 0.6) is 5.75 Å². The number of benzene rings is 2. The van der Waals surface area contributed by atoms with E-state index in [-0.39, 0.29) is 5.91 Å². The molecule has 2 heterocycles. The van der Waals surface area contributed by atoms with E-state index in [0.717, 1.165) is 28.1 Å². The number of aromatic nitrogens is 3. The number of nitrogens with one attached hydrogen (secondary N) is 1. The summed E-state index contributed by atoms with van der Waals surface area (Å²) < 4.78 is 7.02. The standard InChI is InChI=1S/C26H26N4O3/c1-17-14-21-16-23(28-25(31)19-9-11-20(12-10-19)26(2,3)32)27-24(30(21)29-17)13-8-18-6-5-7-22(15-18)33-4/h5-16,32H,1-4H3,(H,28,31)/b13-8+. The third-order valence-electron chi connectivity index (χ3n) is 5.21. The molecule has 7 heteroatoms. The number of nitrogens with zero attached hydrogens (tertiary/aromatic N) is 3. The second-order valence-corrected chi connectivity index (χ2v) is 8.32. The van der Waals surface area contributed by atoms with Crippen molar-refractivity contribution in [1.29, 1.82) is 0 Å². The summed E-state index contributed by atoms with van der Waals surface area (Å²) in [5.74, 6) is 1.48. The summed E-state index contributed by atoms with van der Waals surface area (Å²) in [6.07, 6.45) is 3.77. The molecule has 1 amide bonds. The van der Waals surface area contributed by atoms with Gasteiger partial charge in [-0.1, -0.05) is 30.3 Å². The van der Waals surface area contributed by atoms with Gasteiger partial charge in [0.2, 0.25) is 0 Å². The number of aliphatic hydroxyl groups is 1. The van der Waals surface area contributed by atoms with Crippen molar-refractivity contribution in [2.75, 3.05) is 12.4 Å². The predicted molar refractivity (Wildman–Crippen MR) is 129 cm³/mol. The fraction of sp³-hybridized carbons (Fsp3) is 0.192. The van der Waals surface area contributed by atoms with Gasteiger partial charge < -0.3 is 15.2 Å². The average Bonchev–Trinajstić information content (AvgIpc) is 3.17. The first-order valence-electron chi connectivity index (χ1n) is 10.6. The van der Waals surface area contributed by atoms with Crippen molar-refractivity contribution in [1.82, 2.24) is 14.6 Å². The van der Waals surface area contributed by atoms with Gasteiger partial charge in [-0.2, -0.15) is 5.10 Å². The van der Waals surface area contributed by atoms with E-state index in [9.17, 15) is 9.90 Å². The van der Waals surface area contributed by atoms with Crippen LogP contribution in [0.2, 0.25) is 0 Å². The summed E-state index contributed by atoms with van der Waals surface area (Å²) >= 11 is 0. The summed E-state index contributed by atoms with van der Waals surface area (Å²) in [4.78, 5) is 17.4. The molecule has 168 valence electrons. The normalized spacial score (nSPS) is 11.8. The number of hydrogen-bond acceptors (Lipinski definition) is 5. The Kier molecular flexibility index (Phi) is 5.98. The molecule has 0 unspecified atom stereocenters. The van der Waals surface area contributed by atoms with Gasteiger partial charge in [-0.3, -0.25) is 4.79 Å². The number of methoxy groups -OCH3 is 1. The highest BCUT2D eigenvalue weighted by Gasteiger charge is 2.17. The smallest absolute Gasteiger partial charge is 0.256 e. The van der Waals surface area contributed by atoms with Crippen molar-refractivity contribution in [3.05, 3.63) is 88.9 Å². The molecule has 0 atom stereocenters. The van der Waals surface area contributed by atoms with Crippen LogP contribution in [0.4, 0.5) is 5.82 Å². The van der Waals surface area contributed by atoms with E-state index in [1.807, 2.05) is 49.4 Å². The lowest BCUT2D eigenvalue weighted by Gasteiger charge is -2.17. The van der Waals surface area contributed by atoms with Crippen LogP contribution in [0.3, 0.4) is 0 Å². The van der Waals surface area contributed by atoms with E-state index in [2.05, 4.69) is 15.4 Å². The zero-order valence-electron chi connectivity index (χ0n) is 19.0. The van der Waals surface area contributed by atoms with E-state index < -0.39 is 5.60 Å². The molecule has 0 aliphatic rings. The van der Waals surface area contributed by atoms with Crippen LogP contribution in [-0.4, -0.2) is 32.7 Å². The lowest BCUT2D eigenvalue weighted by Crippen LogP contribution is -2.17. The zero-order chi connectivity index (χ0) is 23.6. The molecule has 0 aliphatic heterocycles. The van der Waals surface area contributed by atoms with Gasteiger partial charge in [-0.25, -0.2) is 9.50 Å². The molecular weight excluding hydrogens is 416 g/mol. The van der Waals surface area contributed by atoms with Gasteiger partial charge in [0, 0.05) is 11.6 Å². The number of fused-ring (bicyclic) bond motifs is 1. The van der Waals surface area contributed by atoms with Gasteiger partial charge in [-0.05, 0) is 68.3 Å². The monoisotopic (exact) mass is 442 g/mol. The fourth-order valence-corrected chi connectivity index (χ4v) is 3.45. The van der Waals surface area contributed by atoms with Crippen LogP contribution in [0.25, 0.3) is 17.7 Å². The summed E-state index contributed by atoms with van der Waals surface area (Å²) in [5.41, 5.74) is 2.86. The molecule has 33 heavy (non-hydrogen) atoms. The minimum Gasteiger partial charge on any atom is -0.497 e. The van der Waals surface area contributed by atoms with Gasteiger partial charge in [0.1, 0.15) is 11.6 Å². The van der Waals surface area contributed by atoms with Crippen LogP contribution in [0.15, 0.2) is 60.7 Å². The third-order valence-corrected chi connectivity index (χ3v) is 5.21. The van der Waals surface area contributed by atoms with Crippen molar-refractivity contribution in [2.24, 2.45) is 0 Å². The lowest BCUT2D eigenvalue weighted by atomic mass is 9.97. The quantitative estimate of drug-likeness (QED) is 0.452. The maximum Gasteiger partial charge on any atom is 0.256 e. The van der Waals surface area contributed by atoms with Gasteiger partial charge in [0.05, 0.1) is 23.9 Å². The summed E-state index contributed by atoms with van der Waals surface area (Å²) in [7, 11) is 1.63. The topological polar surface area (TPSA) is 88.8 Å². The number of anilines is 1. The Bertz CT molecular complexity index is 1330. The second kappa shape index (κ2) is 8.88. The largest absolute Gasteiger partial charge is 0.497 e. The zero-order valence-corrected chi connectivity index (χ0v) is 19.0. The Labute approximate surface area is 192 Å². The Morgan fingerprint density at radius 2 is 1.85 bits per heavy atom. The molecule has 0 saturated heterocycles. The van der Waals surface area contributed by atoms with Crippen LogP contribution >= 0.6 is 0 Å². The number of rotatable bonds is 6. The second-order valence-electron chi connectivity index (χ2n) is 8.32. The number of ether oxygens (including phenoxy) is 1. The first-order chi connectivity index (χ1) is 15.7. The number of carbonyl (C=O) groups excluding carboxylic acids is 1. The molecule has 0 fully saturated rings. The Morgan fingerprint density at radius 3 is 2.55 bits per heavy atom. The highest BCUT2D eigenvalue weighted by atomic mass is 16.5. The average molecular weight is 443 g/mol. The Balaban J connectivity index is 1.63. The Hall–Kier alpha value is -3.97. The van der Waals surface area contributed by atoms with Gasteiger partial charge in [0.15, 0.2) is 5.82 Å². The van der Waals surface area contributed by atoms with E-state index in [0.29, 0.717) is 17.2 Å². The van der Waals surface area contributed by atoms with E-state index >= 15 is 0 Å². The minimum absolute atomic E-state index is 0.284. The lowest BCUT2D eigenvalue weighted by molar-refractivity contribution is 0.0785. The minimum atomic E-state index is -0.967. The number of hydrogen-bond donors (Lipinski definition) is 2. The van der Waals surface area contributed by atoms with E-state index in [4.69, 9.17) is 4.74 Å². The molecule has 7 nitrogen and oxygen atoms in total. The predicted octanol–water partition coefficient (Wildman–Crippen LogP) is 4.70. The number of carbonyl (C=O) groups is 1. The van der Waals surface area contributed by atoms with Crippen LogP contribution in [0, 0.1) is 6.92 Å². The molecule has 2 aromatic carbocycles. The third kappa shape index (κ3) is 5.10. The number of aryl methyl sites for hydroxylation is 1. The van der Waals surface area contributed by atoms with Crippen molar-refractivity contribution in [3.63, 3.8) is 0 Å². The van der Waals surface area contributed by atoms with Crippen molar-refractivity contribution >= 4 is 29.4 Å². The van der Waals surface area contributed by atoms with Crippen LogP contribution in [0.1, 0.15) is 46.9 Å². The van der Waals surface area contributed by atoms with E-state index in [1.54, 1.807) is 55.8 Å². The van der Waals surface area contributed by atoms with Crippen molar-refractivity contribution < 1.29 is 14.6 Å². The molecule has 0 saturated carbocycles. The summed E-state index contributed by atoms with van der Waals surface area (Å²) in [6, 6.07) is 18.3. The van der Waals surface area contributed by atoms with Crippen molar-refractivity contribution in [3.8, 4) is 5.75 Å². The molecule has 4 rings (SSSR count). The maximum atomic E-state index is 12.8. The van der Waals surface area contributed by atoms with Gasteiger partial charge in [-0.15, -0.1) is 0 Å². The molecule has 0 bridgehead atoms. The first-order valence-corrected chi connectivity index (χ1v) is 10.6.